The van der Waals surface area contributed by atoms with Gasteiger partial charge < -0.3 is 10.7 Å². The van der Waals surface area contributed by atoms with Gasteiger partial charge in [0.05, 0.1) is 4.90 Å². The first-order valence-corrected chi connectivity index (χ1v) is 9.56. The monoisotopic (exact) mass is 399 g/mol. The standard InChI is InChI=1S/C17H17ClFN2O4S/c18-14-5-9-16(10-6-14)26(24,25)21(11-1-2-17(22)20-23)12-13-3-7-15(19)8-4-13/h3-10H,1-2,11-12H2,(H-,20,22,23)/q-1. The number of sulfonamides is 1. The number of carbonyl (C=O) groups excluding carboxylic acids is 1. The van der Waals surface area contributed by atoms with Gasteiger partial charge >= 0.3 is 0 Å². The zero-order valence-corrected chi connectivity index (χ0v) is 15.3. The molecule has 1 amide bonds. The summed E-state index contributed by atoms with van der Waals surface area (Å²) in [5.74, 6) is -1.14. The molecule has 26 heavy (non-hydrogen) atoms. The van der Waals surface area contributed by atoms with Gasteiger partial charge in [0.25, 0.3) is 0 Å². The second kappa shape index (κ2) is 9.09. The zero-order valence-electron chi connectivity index (χ0n) is 13.7. The third kappa shape index (κ3) is 5.50. The van der Waals surface area contributed by atoms with E-state index in [1.165, 1.54) is 58.3 Å². The molecule has 0 spiro atoms. The molecule has 2 aromatic carbocycles. The first-order chi connectivity index (χ1) is 12.3. The number of hydrogen-bond donors (Lipinski definition) is 1. The van der Waals surface area contributed by atoms with Crippen LogP contribution in [0.25, 0.3) is 0 Å². The molecule has 0 aromatic heterocycles. The molecule has 140 valence electrons. The van der Waals surface area contributed by atoms with Crippen molar-refractivity contribution in [3.05, 3.63) is 70.1 Å². The van der Waals surface area contributed by atoms with Crippen LogP contribution in [-0.2, 0) is 21.4 Å². The average molecular weight is 400 g/mol. The van der Waals surface area contributed by atoms with Crippen molar-refractivity contribution < 1.29 is 17.6 Å². The molecule has 0 atom stereocenters. The molecular formula is C17H17ClFN2O4S-. The number of amides is 1. The lowest BCUT2D eigenvalue weighted by atomic mass is 10.2. The van der Waals surface area contributed by atoms with E-state index in [0.29, 0.717) is 10.6 Å². The number of carbonyl (C=O) groups is 1. The summed E-state index contributed by atoms with van der Waals surface area (Å²) >= 11 is 5.80. The maximum atomic E-state index is 13.1. The SMILES string of the molecule is O=C(CCCN(Cc1ccc(F)cc1)S(=O)(=O)c1ccc(Cl)cc1)N[O-]. The van der Waals surface area contributed by atoms with Gasteiger partial charge in [0.15, 0.2) is 0 Å². The fraction of sp³-hybridized carbons (Fsp3) is 0.235. The molecule has 6 nitrogen and oxygen atoms in total. The Balaban J connectivity index is 2.24. The van der Waals surface area contributed by atoms with E-state index in [2.05, 4.69) is 0 Å². The molecule has 9 heteroatoms. The lowest BCUT2D eigenvalue weighted by Crippen LogP contribution is -2.32. The molecule has 2 aromatic rings. The third-order valence-electron chi connectivity index (χ3n) is 3.65. The van der Waals surface area contributed by atoms with E-state index in [1.807, 2.05) is 0 Å². The first-order valence-electron chi connectivity index (χ1n) is 7.74. The lowest BCUT2D eigenvalue weighted by Gasteiger charge is -2.22. The third-order valence-corrected chi connectivity index (χ3v) is 5.76. The number of hydrogen-bond acceptors (Lipinski definition) is 4. The lowest BCUT2D eigenvalue weighted by molar-refractivity contribution is -0.120. The normalized spacial score (nSPS) is 11.5. The molecule has 0 heterocycles. The van der Waals surface area contributed by atoms with Crippen LogP contribution in [0.5, 0.6) is 0 Å². The maximum absolute atomic E-state index is 13.1. The Bertz CT molecular complexity index is 842. The van der Waals surface area contributed by atoms with Crippen LogP contribution in [0.1, 0.15) is 18.4 Å². The van der Waals surface area contributed by atoms with Crippen LogP contribution in [0.15, 0.2) is 53.4 Å². The predicted molar refractivity (Wildman–Crippen MR) is 96.2 cm³/mol. The van der Waals surface area contributed by atoms with Gasteiger partial charge in [0.2, 0.25) is 15.9 Å². The Labute approximate surface area is 156 Å². The summed E-state index contributed by atoms with van der Waals surface area (Å²) in [7, 11) is -3.86. The molecule has 0 fully saturated rings. The van der Waals surface area contributed by atoms with E-state index < -0.39 is 21.7 Å². The highest BCUT2D eigenvalue weighted by atomic mass is 35.5. The number of hydroxylamine groups is 1. The van der Waals surface area contributed by atoms with E-state index in [4.69, 9.17) is 11.6 Å². The van der Waals surface area contributed by atoms with E-state index in [0.717, 1.165) is 0 Å². The van der Waals surface area contributed by atoms with Crippen LogP contribution < -0.4 is 5.48 Å². The minimum atomic E-state index is -3.86. The minimum Gasteiger partial charge on any atom is -0.759 e. The topological polar surface area (TPSA) is 89.5 Å². The summed E-state index contributed by atoms with van der Waals surface area (Å²) in [6, 6.07) is 11.2. The van der Waals surface area contributed by atoms with Crippen LogP contribution in [0.3, 0.4) is 0 Å². The van der Waals surface area contributed by atoms with E-state index in [9.17, 15) is 22.8 Å². The summed E-state index contributed by atoms with van der Waals surface area (Å²) in [6.07, 6.45) is 0.0711. The van der Waals surface area contributed by atoms with Gasteiger partial charge in [-0.1, -0.05) is 23.7 Å². The van der Waals surface area contributed by atoms with Crippen LogP contribution in [0, 0.1) is 11.0 Å². The van der Waals surface area contributed by atoms with Crippen molar-refractivity contribution in [2.24, 2.45) is 0 Å². The fourth-order valence-electron chi connectivity index (χ4n) is 2.30. The molecule has 0 unspecified atom stereocenters. The van der Waals surface area contributed by atoms with Gasteiger partial charge in [-0.05, 0) is 48.4 Å². The molecule has 1 N–H and O–H groups in total. The van der Waals surface area contributed by atoms with Crippen molar-refractivity contribution in [1.29, 1.82) is 0 Å². The highest BCUT2D eigenvalue weighted by Gasteiger charge is 2.24. The predicted octanol–water partition coefficient (Wildman–Crippen LogP) is 3.06. The zero-order chi connectivity index (χ0) is 19.2. The Kier molecular flexibility index (Phi) is 7.10. The van der Waals surface area contributed by atoms with Crippen LogP contribution in [0.2, 0.25) is 5.02 Å². The molecule has 2 rings (SSSR count). The summed E-state index contributed by atoms with van der Waals surface area (Å²) in [5, 5.41) is 10.7. The van der Waals surface area contributed by atoms with Gasteiger partial charge in [-0.2, -0.15) is 4.31 Å². The Hall–Kier alpha value is -2.00. The highest BCUT2D eigenvalue weighted by Crippen LogP contribution is 2.21. The smallest absolute Gasteiger partial charge is 0.243 e. The minimum absolute atomic E-state index is 0.00420. The van der Waals surface area contributed by atoms with Gasteiger partial charge in [0.1, 0.15) is 5.82 Å². The van der Waals surface area contributed by atoms with Gasteiger partial charge in [-0.3, -0.25) is 4.79 Å². The molecule has 0 saturated carbocycles. The van der Waals surface area contributed by atoms with E-state index in [-0.39, 0.29) is 30.8 Å². The summed E-state index contributed by atoms with van der Waals surface area (Å²) < 4.78 is 40.1. The second-order valence-electron chi connectivity index (χ2n) is 5.55. The van der Waals surface area contributed by atoms with Crippen LogP contribution in [-0.4, -0.2) is 25.2 Å². The van der Waals surface area contributed by atoms with Crippen molar-refractivity contribution in [2.75, 3.05) is 6.54 Å². The van der Waals surface area contributed by atoms with E-state index >= 15 is 0 Å². The maximum Gasteiger partial charge on any atom is 0.243 e. The quantitative estimate of drug-likeness (QED) is 0.691. The molecule has 0 aliphatic carbocycles. The first kappa shape index (κ1) is 20.3. The Morgan fingerprint density at radius 1 is 1.12 bits per heavy atom. The van der Waals surface area contributed by atoms with Crippen LogP contribution >= 0.6 is 11.6 Å². The number of benzene rings is 2. The Morgan fingerprint density at radius 3 is 2.31 bits per heavy atom. The van der Waals surface area contributed by atoms with Crippen molar-refractivity contribution >= 4 is 27.5 Å². The molecule has 0 radical (unpaired) electrons. The fourth-order valence-corrected chi connectivity index (χ4v) is 3.89. The largest absolute Gasteiger partial charge is 0.759 e. The second-order valence-corrected chi connectivity index (χ2v) is 7.92. The molecule has 0 aliphatic heterocycles. The molecular weight excluding hydrogens is 383 g/mol. The van der Waals surface area contributed by atoms with E-state index in [1.54, 1.807) is 0 Å². The van der Waals surface area contributed by atoms with Crippen molar-refractivity contribution in [1.82, 2.24) is 9.79 Å². The molecule has 0 bridgehead atoms. The Morgan fingerprint density at radius 2 is 1.73 bits per heavy atom. The summed E-state index contributed by atoms with van der Waals surface area (Å²) in [4.78, 5) is 11.2. The summed E-state index contributed by atoms with van der Waals surface area (Å²) in [6.45, 7) is 0.0278. The number of nitrogens with one attached hydrogen (secondary N) is 1. The van der Waals surface area contributed by atoms with Crippen molar-refractivity contribution in [3.63, 3.8) is 0 Å². The number of rotatable bonds is 8. The van der Waals surface area contributed by atoms with Crippen LogP contribution in [0.4, 0.5) is 4.39 Å². The summed E-state index contributed by atoms with van der Waals surface area (Å²) in [5.41, 5.74) is 1.85. The number of halogens is 2. The average Bonchev–Trinajstić information content (AvgIpc) is 2.62. The van der Waals surface area contributed by atoms with Gasteiger partial charge in [-0.15, -0.1) is 0 Å². The highest BCUT2D eigenvalue weighted by molar-refractivity contribution is 7.89. The molecule has 0 aliphatic rings. The van der Waals surface area contributed by atoms with Crippen molar-refractivity contribution in [3.8, 4) is 0 Å². The van der Waals surface area contributed by atoms with Gasteiger partial charge in [0, 0.05) is 24.5 Å². The van der Waals surface area contributed by atoms with Gasteiger partial charge in [-0.25, -0.2) is 12.8 Å². The number of nitrogens with zero attached hydrogens (tertiary/aromatic N) is 1. The van der Waals surface area contributed by atoms with Crippen molar-refractivity contribution in [2.45, 2.75) is 24.3 Å². The molecule has 0 saturated heterocycles.